The maximum atomic E-state index is 10.1. The van der Waals surface area contributed by atoms with Crippen molar-refractivity contribution in [3.05, 3.63) is 12.3 Å². The predicted octanol–water partition coefficient (Wildman–Crippen LogP) is -0.878. The van der Waals surface area contributed by atoms with Crippen molar-refractivity contribution in [1.82, 2.24) is 5.32 Å². The Hall–Kier alpha value is -1.32. The number of hydrogen-bond acceptors (Lipinski definition) is 2. The summed E-state index contributed by atoms with van der Waals surface area (Å²) in [7, 11) is 0. The van der Waals surface area contributed by atoms with E-state index in [0.29, 0.717) is 0 Å². The van der Waals surface area contributed by atoms with Gasteiger partial charge >= 0.3 is 0 Å². The number of nitrogens with two attached hydrogens (primary N) is 1. The monoisotopic (exact) mass is 128 g/mol. The van der Waals surface area contributed by atoms with E-state index in [2.05, 4.69) is 5.32 Å². The van der Waals surface area contributed by atoms with Crippen molar-refractivity contribution in [2.45, 2.75) is 6.92 Å². The highest BCUT2D eigenvalue weighted by molar-refractivity contribution is 5.86. The zero-order valence-corrected chi connectivity index (χ0v) is 5.05. The molecule has 0 aliphatic rings. The molecular weight excluding hydrogens is 120 g/mol. The maximum Gasteiger partial charge on any atom is 0.242 e. The standard InChI is InChI=1S/C5H8N2O2/c1-4(8)7-3-2-5(6)9/h2-3H,1H3,(H2,6,9)(H,7,8)/b3-2-. The van der Waals surface area contributed by atoms with Crippen molar-refractivity contribution in [3.63, 3.8) is 0 Å². The quantitative estimate of drug-likeness (QED) is 0.474. The summed E-state index contributed by atoms with van der Waals surface area (Å²) in [6, 6.07) is 0. The van der Waals surface area contributed by atoms with Gasteiger partial charge in [-0.25, -0.2) is 0 Å². The number of amides is 2. The van der Waals surface area contributed by atoms with Crippen molar-refractivity contribution in [3.8, 4) is 0 Å². The lowest BCUT2D eigenvalue weighted by atomic mass is 10.6. The summed E-state index contributed by atoms with van der Waals surface area (Å²) in [6.07, 6.45) is 2.27. The summed E-state index contributed by atoms with van der Waals surface area (Å²) in [4.78, 5) is 20.1. The molecule has 50 valence electrons. The van der Waals surface area contributed by atoms with Crippen LogP contribution in [-0.4, -0.2) is 11.8 Å². The highest BCUT2D eigenvalue weighted by Gasteiger charge is 1.83. The van der Waals surface area contributed by atoms with Gasteiger partial charge in [0.2, 0.25) is 11.8 Å². The topological polar surface area (TPSA) is 72.2 Å². The Balaban J connectivity index is 3.48. The molecule has 3 N–H and O–H groups in total. The number of carbonyl (C=O) groups excluding carboxylic acids is 2. The van der Waals surface area contributed by atoms with Gasteiger partial charge in [0.25, 0.3) is 0 Å². The van der Waals surface area contributed by atoms with Crippen LogP contribution in [0.1, 0.15) is 6.92 Å². The third-order valence-electron chi connectivity index (χ3n) is 0.534. The summed E-state index contributed by atoms with van der Waals surface area (Å²) in [6.45, 7) is 1.34. The molecule has 0 atom stereocenters. The largest absolute Gasteiger partial charge is 0.366 e. The number of primary amides is 1. The number of carbonyl (C=O) groups is 2. The lowest BCUT2D eigenvalue weighted by molar-refractivity contribution is -0.118. The molecule has 0 bridgehead atoms. The van der Waals surface area contributed by atoms with Crippen molar-refractivity contribution in [1.29, 1.82) is 0 Å². The average molecular weight is 128 g/mol. The van der Waals surface area contributed by atoms with Crippen LogP contribution in [0.25, 0.3) is 0 Å². The van der Waals surface area contributed by atoms with Crippen molar-refractivity contribution in [2.24, 2.45) is 5.73 Å². The van der Waals surface area contributed by atoms with Crippen molar-refractivity contribution >= 4 is 11.8 Å². The summed E-state index contributed by atoms with van der Waals surface area (Å²) in [5.74, 6) is -0.809. The lowest BCUT2D eigenvalue weighted by Crippen LogP contribution is -2.14. The molecule has 0 aliphatic heterocycles. The second-order valence-corrected chi connectivity index (χ2v) is 1.44. The second kappa shape index (κ2) is 3.65. The van der Waals surface area contributed by atoms with E-state index in [1.807, 2.05) is 0 Å². The molecule has 0 rings (SSSR count). The van der Waals surface area contributed by atoms with Gasteiger partial charge in [-0.3, -0.25) is 9.59 Å². The Morgan fingerprint density at radius 2 is 2.11 bits per heavy atom. The number of hydrogen-bond donors (Lipinski definition) is 2. The van der Waals surface area contributed by atoms with Gasteiger partial charge in [-0.15, -0.1) is 0 Å². The van der Waals surface area contributed by atoms with Crippen molar-refractivity contribution in [2.75, 3.05) is 0 Å². The van der Waals surface area contributed by atoms with Crippen LogP contribution in [-0.2, 0) is 9.59 Å². The van der Waals surface area contributed by atoms with Gasteiger partial charge < -0.3 is 11.1 Å². The Morgan fingerprint density at radius 1 is 1.56 bits per heavy atom. The molecule has 0 aromatic rings. The van der Waals surface area contributed by atoms with Crippen molar-refractivity contribution < 1.29 is 9.59 Å². The zero-order valence-electron chi connectivity index (χ0n) is 5.05. The van der Waals surface area contributed by atoms with Crippen LogP contribution in [0.3, 0.4) is 0 Å². The minimum absolute atomic E-state index is 0.229. The molecule has 9 heavy (non-hydrogen) atoms. The van der Waals surface area contributed by atoms with Crippen LogP contribution in [0.5, 0.6) is 0 Å². The van der Waals surface area contributed by atoms with Gasteiger partial charge in [0.1, 0.15) is 0 Å². The van der Waals surface area contributed by atoms with Crippen LogP contribution in [0.15, 0.2) is 12.3 Å². The minimum atomic E-state index is -0.580. The number of rotatable bonds is 2. The van der Waals surface area contributed by atoms with Crippen LogP contribution >= 0.6 is 0 Å². The summed E-state index contributed by atoms with van der Waals surface area (Å²) < 4.78 is 0. The van der Waals surface area contributed by atoms with E-state index in [1.54, 1.807) is 0 Å². The fourth-order valence-electron chi connectivity index (χ4n) is 0.241. The maximum absolute atomic E-state index is 10.1. The zero-order chi connectivity index (χ0) is 7.28. The summed E-state index contributed by atoms with van der Waals surface area (Å²) in [5, 5.41) is 2.26. The summed E-state index contributed by atoms with van der Waals surface area (Å²) >= 11 is 0. The smallest absolute Gasteiger partial charge is 0.242 e. The van der Waals surface area contributed by atoms with E-state index in [4.69, 9.17) is 5.73 Å². The van der Waals surface area contributed by atoms with Crippen LogP contribution < -0.4 is 11.1 Å². The molecule has 4 nitrogen and oxygen atoms in total. The molecular formula is C5H8N2O2. The molecule has 0 fully saturated rings. The van der Waals surface area contributed by atoms with E-state index in [9.17, 15) is 9.59 Å². The minimum Gasteiger partial charge on any atom is -0.366 e. The molecule has 0 aromatic carbocycles. The molecule has 2 amide bonds. The van der Waals surface area contributed by atoms with Crippen LogP contribution in [0, 0.1) is 0 Å². The van der Waals surface area contributed by atoms with Gasteiger partial charge in [-0.2, -0.15) is 0 Å². The van der Waals surface area contributed by atoms with E-state index in [0.717, 1.165) is 6.08 Å². The third kappa shape index (κ3) is 6.68. The molecule has 0 heterocycles. The Kier molecular flexibility index (Phi) is 3.12. The van der Waals surface area contributed by atoms with E-state index >= 15 is 0 Å². The fraction of sp³-hybridized carbons (Fsp3) is 0.200. The normalized spacial score (nSPS) is 9.44. The highest BCUT2D eigenvalue weighted by Crippen LogP contribution is 1.64. The number of nitrogens with one attached hydrogen (secondary N) is 1. The van der Waals surface area contributed by atoms with E-state index in [-0.39, 0.29) is 5.91 Å². The van der Waals surface area contributed by atoms with E-state index in [1.165, 1.54) is 13.1 Å². The molecule has 0 unspecified atom stereocenters. The molecule has 0 saturated heterocycles. The third-order valence-corrected chi connectivity index (χ3v) is 0.534. The Labute approximate surface area is 52.7 Å². The molecule has 0 saturated carbocycles. The molecule has 0 spiro atoms. The average Bonchev–Trinajstić information content (AvgIpc) is 1.63. The molecule has 0 radical (unpaired) electrons. The predicted molar refractivity (Wildman–Crippen MR) is 32.2 cm³/mol. The Bertz CT molecular complexity index is 151. The van der Waals surface area contributed by atoms with Crippen LogP contribution in [0.4, 0.5) is 0 Å². The first-order valence-electron chi connectivity index (χ1n) is 2.36. The first-order chi connectivity index (χ1) is 4.13. The summed E-state index contributed by atoms with van der Waals surface area (Å²) in [5.41, 5.74) is 4.70. The van der Waals surface area contributed by atoms with Crippen LogP contribution in [0.2, 0.25) is 0 Å². The van der Waals surface area contributed by atoms with Gasteiger partial charge in [-0.05, 0) is 0 Å². The SMILES string of the molecule is CC(=O)N/C=C\C(N)=O. The van der Waals surface area contributed by atoms with E-state index < -0.39 is 5.91 Å². The lowest BCUT2D eigenvalue weighted by Gasteiger charge is -1.86. The molecule has 0 aliphatic carbocycles. The first-order valence-corrected chi connectivity index (χ1v) is 2.36. The van der Waals surface area contributed by atoms with Gasteiger partial charge in [0, 0.05) is 19.2 Å². The van der Waals surface area contributed by atoms with Gasteiger partial charge in [0.15, 0.2) is 0 Å². The first kappa shape index (κ1) is 7.68. The van der Waals surface area contributed by atoms with Gasteiger partial charge in [0.05, 0.1) is 0 Å². The fourth-order valence-corrected chi connectivity index (χ4v) is 0.241. The van der Waals surface area contributed by atoms with Gasteiger partial charge in [-0.1, -0.05) is 0 Å². The molecule has 0 aromatic heterocycles. The highest BCUT2D eigenvalue weighted by atomic mass is 16.1. The Morgan fingerprint density at radius 3 is 2.44 bits per heavy atom. The molecule has 4 heteroatoms. The second-order valence-electron chi connectivity index (χ2n) is 1.44.